The maximum absolute atomic E-state index is 6.04. The number of rotatable bonds is 4. The molecule has 1 aliphatic rings. The van der Waals surface area contributed by atoms with Gasteiger partial charge in [-0.05, 0) is 30.5 Å². The van der Waals surface area contributed by atoms with Gasteiger partial charge in [-0.15, -0.1) is 10.2 Å². The zero-order valence-electron chi connectivity index (χ0n) is 10.1. The Morgan fingerprint density at radius 2 is 1.89 bits per heavy atom. The molecule has 2 aromatic rings. The first-order valence-corrected chi connectivity index (χ1v) is 7.99. The van der Waals surface area contributed by atoms with Crippen molar-refractivity contribution in [3.63, 3.8) is 0 Å². The lowest BCUT2D eigenvalue weighted by Gasteiger charge is -2.08. The van der Waals surface area contributed by atoms with Crippen LogP contribution < -0.4 is 0 Å². The van der Waals surface area contributed by atoms with Crippen molar-refractivity contribution in [2.24, 2.45) is 0 Å². The van der Waals surface area contributed by atoms with Crippen LogP contribution in [0.5, 0.6) is 0 Å². The van der Waals surface area contributed by atoms with E-state index in [1.54, 1.807) is 0 Å². The molecule has 1 aromatic heterocycles. The number of aromatic nitrogens is 3. The fraction of sp³-hybridized carbons (Fsp3) is 0.385. The van der Waals surface area contributed by atoms with Crippen LogP contribution >= 0.6 is 39.1 Å². The first-order chi connectivity index (χ1) is 9.19. The summed E-state index contributed by atoms with van der Waals surface area (Å²) in [5.41, 5.74) is 1.10. The van der Waals surface area contributed by atoms with E-state index >= 15 is 0 Å². The predicted molar refractivity (Wildman–Crippen MR) is 80.2 cm³/mol. The van der Waals surface area contributed by atoms with E-state index in [1.807, 2.05) is 18.2 Å². The molecular weight excluding hydrogens is 349 g/mol. The quantitative estimate of drug-likeness (QED) is 0.756. The molecule has 1 fully saturated rings. The molecule has 0 radical (unpaired) electrons. The smallest absolute Gasteiger partial charge is 0.143 e. The van der Waals surface area contributed by atoms with E-state index in [0.29, 0.717) is 16.1 Å². The van der Waals surface area contributed by atoms with Gasteiger partial charge >= 0.3 is 0 Å². The molecule has 19 heavy (non-hydrogen) atoms. The van der Waals surface area contributed by atoms with Crippen LogP contribution in [-0.4, -0.2) is 14.8 Å². The van der Waals surface area contributed by atoms with E-state index in [1.165, 1.54) is 12.8 Å². The lowest BCUT2D eigenvalue weighted by atomic mass is 10.1. The summed E-state index contributed by atoms with van der Waals surface area (Å²) in [7, 11) is 0. The molecule has 100 valence electrons. The van der Waals surface area contributed by atoms with Crippen LogP contribution in [0, 0.1) is 0 Å². The predicted octanol–water partition coefficient (Wildman–Crippen LogP) is 4.41. The van der Waals surface area contributed by atoms with Crippen molar-refractivity contribution in [2.75, 3.05) is 0 Å². The summed E-state index contributed by atoms with van der Waals surface area (Å²) in [6.07, 6.45) is 3.16. The summed E-state index contributed by atoms with van der Waals surface area (Å²) in [5, 5.41) is 10.4. The summed E-state index contributed by atoms with van der Waals surface area (Å²) >= 11 is 15.4. The average molecular weight is 361 g/mol. The van der Waals surface area contributed by atoms with Gasteiger partial charge in [0.25, 0.3) is 0 Å². The first-order valence-electron chi connectivity index (χ1n) is 6.11. The van der Waals surface area contributed by atoms with Gasteiger partial charge < -0.3 is 4.57 Å². The van der Waals surface area contributed by atoms with Crippen LogP contribution in [0.2, 0.25) is 10.0 Å². The molecule has 0 unspecified atom stereocenters. The van der Waals surface area contributed by atoms with Gasteiger partial charge in [-0.25, -0.2) is 0 Å². The highest BCUT2D eigenvalue weighted by Gasteiger charge is 2.28. The van der Waals surface area contributed by atoms with E-state index in [2.05, 4.69) is 30.7 Å². The molecular formula is C13H12BrCl2N3. The maximum atomic E-state index is 6.04. The monoisotopic (exact) mass is 359 g/mol. The Balaban J connectivity index is 1.90. The highest BCUT2D eigenvalue weighted by atomic mass is 79.9. The van der Waals surface area contributed by atoms with Gasteiger partial charge in [0, 0.05) is 12.5 Å². The molecule has 0 atom stereocenters. The van der Waals surface area contributed by atoms with Crippen molar-refractivity contribution in [3.05, 3.63) is 45.5 Å². The molecule has 1 aromatic carbocycles. The molecule has 1 heterocycles. The third kappa shape index (κ3) is 2.81. The Hall–Kier alpha value is -0.580. The van der Waals surface area contributed by atoms with E-state index < -0.39 is 0 Å². The summed E-state index contributed by atoms with van der Waals surface area (Å²) in [4.78, 5) is 0. The van der Waals surface area contributed by atoms with Gasteiger partial charge in [0.05, 0.1) is 15.4 Å². The largest absolute Gasteiger partial charge is 0.311 e. The van der Waals surface area contributed by atoms with Crippen LogP contribution in [0.15, 0.2) is 18.2 Å². The third-order valence-electron chi connectivity index (χ3n) is 3.21. The highest BCUT2D eigenvalue weighted by Crippen LogP contribution is 2.37. The molecule has 1 saturated carbocycles. The number of alkyl halides is 1. The second-order valence-corrected chi connectivity index (χ2v) is 6.07. The molecule has 3 rings (SSSR count). The van der Waals surface area contributed by atoms with Gasteiger partial charge in [-0.2, -0.15) is 0 Å². The van der Waals surface area contributed by atoms with Crippen molar-refractivity contribution in [2.45, 2.75) is 30.6 Å². The van der Waals surface area contributed by atoms with Crippen molar-refractivity contribution < 1.29 is 0 Å². The fourth-order valence-corrected chi connectivity index (χ4v) is 2.86. The summed E-state index contributed by atoms with van der Waals surface area (Å²) in [5.74, 6) is 1.99. The lowest BCUT2D eigenvalue weighted by Crippen LogP contribution is -2.05. The number of hydrogen-bond acceptors (Lipinski definition) is 2. The second-order valence-electron chi connectivity index (χ2n) is 4.69. The topological polar surface area (TPSA) is 30.7 Å². The number of nitrogens with zero attached hydrogens (tertiary/aromatic N) is 3. The van der Waals surface area contributed by atoms with Crippen molar-refractivity contribution >= 4 is 39.1 Å². The van der Waals surface area contributed by atoms with Crippen LogP contribution in [0.25, 0.3) is 0 Å². The van der Waals surface area contributed by atoms with Crippen LogP contribution in [0.3, 0.4) is 0 Å². The zero-order valence-corrected chi connectivity index (χ0v) is 13.2. The van der Waals surface area contributed by atoms with Crippen molar-refractivity contribution in [1.29, 1.82) is 0 Å². The third-order valence-corrected chi connectivity index (χ3v) is 4.46. The number of hydrogen-bond donors (Lipinski definition) is 0. The molecule has 0 aliphatic heterocycles. The Morgan fingerprint density at radius 1 is 1.16 bits per heavy atom. The van der Waals surface area contributed by atoms with Crippen LogP contribution in [0.1, 0.15) is 36.1 Å². The molecule has 6 heteroatoms. The minimum Gasteiger partial charge on any atom is -0.311 e. The Labute approximate surface area is 130 Å². The number of halogens is 3. The fourth-order valence-electron chi connectivity index (χ4n) is 2.16. The maximum Gasteiger partial charge on any atom is 0.143 e. The Bertz CT molecular complexity index is 608. The van der Waals surface area contributed by atoms with E-state index in [9.17, 15) is 0 Å². The molecule has 3 nitrogen and oxygen atoms in total. The average Bonchev–Trinajstić information content (AvgIpc) is 3.16. The molecule has 1 aliphatic carbocycles. The van der Waals surface area contributed by atoms with Gasteiger partial charge in [0.1, 0.15) is 11.6 Å². The lowest BCUT2D eigenvalue weighted by molar-refractivity contribution is 0.671. The first kappa shape index (κ1) is 13.4. The van der Waals surface area contributed by atoms with Gasteiger partial charge in [-0.1, -0.05) is 45.2 Å². The minimum atomic E-state index is 0.570. The van der Waals surface area contributed by atoms with Gasteiger partial charge in [-0.3, -0.25) is 0 Å². The van der Waals surface area contributed by atoms with E-state index in [0.717, 1.165) is 29.0 Å². The normalized spacial score (nSPS) is 14.9. The van der Waals surface area contributed by atoms with Crippen molar-refractivity contribution in [1.82, 2.24) is 14.8 Å². The standard InChI is InChI=1S/C13H12BrCl2N3/c14-7-13-18-17-12(19(13)9-2-3-9)6-8-1-4-10(15)11(16)5-8/h1,4-5,9H,2-3,6-7H2. The number of benzene rings is 1. The van der Waals surface area contributed by atoms with Crippen LogP contribution in [-0.2, 0) is 11.8 Å². The van der Waals surface area contributed by atoms with E-state index in [4.69, 9.17) is 23.2 Å². The second kappa shape index (κ2) is 5.43. The zero-order chi connectivity index (χ0) is 13.4. The van der Waals surface area contributed by atoms with Crippen LogP contribution in [0.4, 0.5) is 0 Å². The highest BCUT2D eigenvalue weighted by molar-refractivity contribution is 9.08. The molecule has 0 N–H and O–H groups in total. The SMILES string of the molecule is Clc1ccc(Cc2nnc(CBr)n2C2CC2)cc1Cl. The van der Waals surface area contributed by atoms with Gasteiger partial charge in [0.15, 0.2) is 0 Å². The minimum absolute atomic E-state index is 0.570. The Morgan fingerprint density at radius 3 is 2.53 bits per heavy atom. The summed E-state index contributed by atoms with van der Waals surface area (Å²) in [6, 6.07) is 6.26. The summed E-state index contributed by atoms with van der Waals surface area (Å²) < 4.78 is 2.25. The van der Waals surface area contributed by atoms with Crippen molar-refractivity contribution in [3.8, 4) is 0 Å². The molecule has 0 amide bonds. The Kier molecular flexibility index (Phi) is 3.83. The molecule has 0 saturated heterocycles. The van der Waals surface area contributed by atoms with Gasteiger partial charge in [0.2, 0.25) is 0 Å². The molecule has 0 spiro atoms. The molecule has 0 bridgehead atoms. The summed E-state index contributed by atoms with van der Waals surface area (Å²) in [6.45, 7) is 0. The van der Waals surface area contributed by atoms with E-state index in [-0.39, 0.29) is 0 Å².